The van der Waals surface area contributed by atoms with Gasteiger partial charge in [0.2, 0.25) is 0 Å². The van der Waals surface area contributed by atoms with E-state index in [9.17, 15) is 5.11 Å². The van der Waals surface area contributed by atoms with Crippen molar-refractivity contribution in [3.05, 3.63) is 129 Å². The van der Waals surface area contributed by atoms with E-state index in [0.717, 1.165) is 32.3 Å². The molecule has 180 valence electrons. The van der Waals surface area contributed by atoms with Crippen LogP contribution in [-0.4, -0.2) is 5.11 Å². The Morgan fingerprint density at radius 1 is 0.543 bits per heavy atom. The van der Waals surface area contributed by atoms with Gasteiger partial charge in [0.15, 0.2) is 0 Å². The van der Waals surface area contributed by atoms with E-state index in [1.807, 2.05) is 54.6 Å². The molecule has 0 saturated heterocycles. The fourth-order valence-corrected chi connectivity index (χ4v) is 4.98. The fraction of sp³-hybridized carbons (Fsp3) is 0.273. The van der Waals surface area contributed by atoms with Crippen molar-refractivity contribution in [3.63, 3.8) is 0 Å². The van der Waals surface area contributed by atoms with Gasteiger partial charge in [-0.05, 0) is 56.3 Å². The third-order valence-corrected chi connectivity index (χ3v) is 7.26. The Morgan fingerprint density at radius 2 is 1.11 bits per heavy atom. The molecule has 1 atom stereocenters. The molecule has 0 fully saturated rings. The van der Waals surface area contributed by atoms with Crippen molar-refractivity contribution in [3.8, 4) is 11.1 Å². The van der Waals surface area contributed by atoms with Crippen LogP contribution in [0.3, 0.4) is 0 Å². The van der Waals surface area contributed by atoms with E-state index >= 15 is 0 Å². The van der Waals surface area contributed by atoms with Crippen molar-refractivity contribution in [2.24, 2.45) is 0 Å². The van der Waals surface area contributed by atoms with E-state index in [1.54, 1.807) is 0 Å². The van der Waals surface area contributed by atoms with Crippen LogP contribution in [0.25, 0.3) is 11.1 Å². The molecule has 0 spiro atoms. The first-order valence-electron chi connectivity index (χ1n) is 12.2. The summed E-state index contributed by atoms with van der Waals surface area (Å²) in [4.78, 5) is 0. The summed E-state index contributed by atoms with van der Waals surface area (Å²) in [5, 5.41) is 12.7. The van der Waals surface area contributed by atoms with Crippen LogP contribution in [-0.2, 0) is 16.4 Å². The predicted molar refractivity (Wildman–Crippen MR) is 152 cm³/mol. The Hall–Kier alpha value is -2.68. The first-order valence-corrected chi connectivity index (χ1v) is 13.0. The van der Waals surface area contributed by atoms with E-state index < -0.39 is 5.60 Å². The fourth-order valence-electron chi connectivity index (χ4n) is 4.58. The molecule has 4 aromatic carbocycles. The number of halogens is 1. The smallest absolute Gasteiger partial charge is 0.141 e. The Balaban J connectivity index is 2.04. The monoisotopic (exact) mass is 526 g/mol. The van der Waals surface area contributed by atoms with Crippen molar-refractivity contribution >= 4 is 15.9 Å². The molecule has 4 rings (SSSR count). The lowest BCUT2D eigenvalue weighted by Crippen LogP contribution is -2.30. The quantitative estimate of drug-likeness (QED) is 0.263. The van der Waals surface area contributed by atoms with Crippen molar-refractivity contribution in [2.45, 2.75) is 58.0 Å². The van der Waals surface area contributed by atoms with Crippen molar-refractivity contribution < 1.29 is 5.11 Å². The van der Waals surface area contributed by atoms with Crippen LogP contribution in [0.5, 0.6) is 0 Å². The van der Waals surface area contributed by atoms with E-state index in [-0.39, 0.29) is 10.8 Å². The van der Waals surface area contributed by atoms with Gasteiger partial charge in [0, 0.05) is 10.0 Å². The second-order valence-electron chi connectivity index (χ2n) is 11.4. The van der Waals surface area contributed by atoms with Crippen LogP contribution >= 0.6 is 15.9 Å². The highest BCUT2D eigenvalue weighted by Gasteiger charge is 2.37. The van der Waals surface area contributed by atoms with Gasteiger partial charge in [-0.3, -0.25) is 0 Å². The molecule has 1 N–H and O–H groups in total. The third-order valence-electron chi connectivity index (χ3n) is 6.77. The Kier molecular flexibility index (Phi) is 6.83. The molecule has 0 saturated carbocycles. The molecular formula is C33H35BrO. The second-order valence-corrected chi connectivity index (χ2v) is 12.3. The molecule has 0 amide bonds. The first kappa shape index (κ1) is 25.4. The lowest BCUT2D eigenvalue weighted by atomic mass is 9.74. The van der Waals surface area contributed by atoms with Crippen LogP contribution in [0, 0.1) is 0 Å². The van der Waals surface area contributed by atoms with Gasteiger partial charge in [-0.25, -0.2) is 0 Å². The van der Waals surface area contributed by atoms with Crippen LogP contribution in [0.4, 0.5) is 0 Å². The van der Waals surface area contributed by atoms with Gasteiger partial charge in [-0.15, -0.1) is 0 Å². The summed E-state index contributed by atoms with van der Waals surface area (Å²) in [7, 11) is 0. The van der Waals surface area contributed by atoms with Gasteiger partial charge < -0.3 is 5.11 Å². The minimum Gasteiger partial charge on any atom is -0.376 e. The Labute approximate surface area is 219 Å². The van der Waals surface area contributed by atoms with Crippen molar-refractivity contribution in [1.29, 1.82) is 0 Å². The normalized spacial score (nSPS) is 13.9. The highest BCUT2D eigenvalue weighted by atomic mass is 79.9. The van der Waals surface area contributed by atoms with E-state index in [4.69, 9.17) is 0 Å². The zero-order valence-electron chi connectivity index (χ0n) is 21.6. The molecule has 0 heterocycles. The molecule has 0 aromatic heterocycles. The topological polar surface area (TPSA) is 20.2 Å². The summed E-state index contributed by atoms with van der Waals surface area (Å²) in [5.74, 6) is 0. The molecule has 4 aromatic rings. The molecule has 35 heavy (non-hydrogen) atoms. The summed E-state index contributed by atoms with van der Waals surface area (Å²) in [5.41, 5.74) is 5.86. The molecule has 0 aliphatic carbocycles. The Morgan fingerprint density at radius 3 is 1.69 bits per heavy atom. The van der Waals surface area contributed by atoms with E-state index in [1.165, 1.54) is 11.1 Å². The number of hydrogen-bond acceptors (Lipinski definition) is 1. The van der Waals surface area contributed by atoms with Gasteiger partial charge in [0.05, 0.1) is 0 Å². The largest absolute Gasteiger partial charge is 0.376 e. The molecule has 0 aliphatic heterocycles. The maximum atomic E-state index is 12.7. The van der Waals surface area contributed by atoms with Gasteiger partial charge in [-0.2, -0.15) is 0 Å². The summed E-state index contributed by atoms with van der Waals surface area (Å²) >= 11 is 3.62. The summed E-state index contributed by atoms with van der Waals surface area (Å²) < 4.78 is 0.937. The highest BCUT2D eigenvalue weighted by molar-refractivity contribution is 9.10. The molecular weight excluding hydrogens is 492 g/mol. The maximum absolute atomic E-state index is 12.7. The van der Waals surface area contributed by atoms with Crippen LogP contribution in [0.15, 0.2) is 102 Å². The molecule has 2 heteroatoms. The maximum Gasteiger partial charge on any atom is 0.141 e. The number of aliphatic hydroxyl groups is 1. The Bertz CT molecular complexity index is 1310. The zero-order valence-corrected chi connectivity index (χ0v) is 23.1. The molecule has 1 unspecified atom stereocenters. The average molecular weight is 528 g/mol. The minimum absolute atomic E-state index is 0.0573. The zero-order chi connectivity index (χ0) is 25.4. The molecule has 0 aliphatic rings. The van der Waals surface area contributed by atoms with Gasteiger partial charge in [0.25, 0.3) is 0 Å². The average Bonchev–Trinajstić information content (AvgIpc) is 2.83. The van der Waals surface area contributed by atoms with Crippen molar-refractivity contribution in [2.75, 3.05) is 0 Å². The van der Waals surface area contributed by atoms with Gasteiger partial charge in [0.1, 0.15) is 5.60 Å². The lowest BCUT2D eigenvalue weighted by molar-refractivity contribution is 0.126. The van der Waals surface area contributed by atoms with Crippen LogP contribution in [0.1, 0.15) is 69.4 Å². The molecule has 0 bridgehead atoms. The van der Waals surface area contributed by atoms with Crippen LogP contribution < -0.4 is 0 Å². The first-order chi connectivity index (χ1) is 16.4. The predicted octanol–water partition coefficient (Wildman–Crippen LogP) is 9.00. The minimum atomic E-state index is -1.33. The molecule has 0 radical (unpaired) electrons. The number of rotatable bonds is 4. The van der Waals surface area contributed by atoms with E-state index in [0.29, 0.717) is 0 Å². The second kappa shape index (κ2) is 9.41. The van der Waals surface area contributed by atoms with Crippen LogP contribution in [0.2, 0.25) is 0 Å². The standard InChI is InChI=1S/C33H35BrO/c1-31(2,3)24-17-15-23(16-18-24)29-20-19-26(32(4,5)6)22-30(29)33(35,25-11-8-7-9-12-25)27-13-10-14-28(34)21-27/h7-22,35H,1-6H3. The summed E-state index contributed by atoms with van der Waals surface area (Å²) in [6, 6.07) is 33.3. The summed E-state index contributed by atoms with van der Waals surface area (Å²) in [6.07, 6.45) is 0. The number of benzene rings is 4. The lowest BCUT2D eigenvalue weighted by Gasteiger charge is -2.34. The highest BCUT2D eigenvalue weighted by Crippen LogP contribution is 2.44. The molecule has 1 nitrogen and oxygen atoms in total. The van der Waals surface area contributed by atoms with Crippen molar-refractivity contribution in [1.82, 2.24) is 0 Å². The summed E-state index contributed by atoms with van der Waals surface area (Å²) in [6.45, 7) is 13.3. The number of hydrogen-bond donors (Lipinski definition) is 1. The van der Waals surface area contributed by atoms with Gasteiger partial charge in [-0.1, -0.05) is 142 Å². The van der Waals surface area contributed by atoms with Gasteiger partial charge >= 0.3 is 0 Å². The SMILES string of the molecule is CC(C)(C)c1ccc(-c2ccc(C(C)(C)C)cc2C(O)(c2ccccc2)c2cccc(Br)c2)cc1. The van der Waals surface area contributed by atoms with E-state index in [2.05, 4.69) is 99.9 Å². The third kappa shape index (κ3) is 5.15.